The van der Waals surface area contributed by atoms with Crippen molar-refractivity contribution in [2.45, 2.75) is 19.6 Å². The summed E-state index contributed by atoms with van der Waals surface area (Å²) in [5.74, 6) is 9.60. The Morgan fingerprint density at radius 3 is 1.44 bits per heavy atom. The second-order valence-electron chi connectivity index (χ2n) is 11.8. The van der Waals surface area contributed by atoms with Crippen LogP contribution in [-0.4, -0.2) is 42.2 Å². The van der Waals surface area contributed by atoms with Crippen molar-refractivity contribution in [2.24, 2.45) is 0 Å². The molecule has 0 amide bonds. The van der Waals surface area contributed by atoms with Gasteiger partial charge in [-0.1, -0.05) is 31.5 Å². The van der Waals surface area contributed by atoms with Crippen LogP contribution in [0.15, 0.2) is 122 Å². The van der Waals surface area contributed by atoms with Crippen molar-refractivity contribution < 1.29 is 18.9 Å². The zero-order valence-corrected chi connectivity index (χ0v) is 29.5. The Hall–Kier alpha value is -6.42. The molecule has 0 saturated carbocycles. The predicted molar refractivity (Wildman–Crippen MR) is 199 cm³/mol. The van der Waals surface area contributed by atoms with Crippen LogP contribution in [0.3, 0.4) is 0 Å². The van der Waals surface area contributed by atoms with Gasteiger partial charge in [0.25, 0.3) is 0 Å². The molecule has 4 aromatic heterocycles. The summed E-state index contributed by atoms with van der Waals surface area (Å²) < 4.78 is 22.8. The zero-order chi connectivity index (χ0) is 35.3. The van der Waals surface area contributed by atoms with E-state index in [4.69, 9.17) is 25.4 Å². The number of hydrogen-bond donors (Lipinski definition) is 0. The fourth-order valence-corrected chi connectivity index (χ4v) is 5.11. The summed E-state index contributed by atoms with van der Waals surface area (Å²) in [5.41, 5.74) is 8.43. The van der Waals surface area contributed by atoms with Gasteiger partial charge in [0.2, 0.25) is 11.8 Å². The Morgan fingerprint density at radius 2 is 1.02 bits per heavy atom. The molecule has 8 nitrogen and oxygen atoms in total. The maximum absolute atomic E-state index is 6.03. The zero-order valence-electron chi connectivity index (χ0n) is 28.5. The second kappa shape index (κ2) is 16.6. The molecule has 0 aliphatic rings. The molecule has 0 bridgehead atoms. The lowest BCUT2D eigenvalue weighted by Gasteiger charge is -2.12. The molecule has 50 heavy (non-hydrogen) atoms. The molecule has 0 aliphatic heterocycles. The lowest BCUT2D eigenvalue weighted by atomic mass is 10.1. The number of aromatic nitrogens is 4. The summed E-state index contributed by atoms with van der Waals surface area (Å²) in [6.45, 7) is 6.69. The molecular weight excluding hydrogens is 641 g/mol. The molecule has 0 saturated heterocycles. The lowest BCUT2D eigenvalue weighted by molar-refractivity contribution is 0.415. The second-order valence-corrected chi connectivity index (χ2v) is 16.5. The van der Waals surface area contributed by atoms with E-state index in [0.717, 1.165) is 39.1 Å². The van der Waals surface area contributed by atoms with Gasteiger partial charge in [-0.05, 0) is 84.9 Å². The minimum absolute atomic E-state index is 0.479. The highest BCUT2D eigenvalue weighted by molar-refractivity contribution is 6.83. The standard InChI is InChI=1S/C22H22N2O2Si.C19H14N2O2/c1-25-21-11-14-23-16-20(21)19-6-5-13-24-22(19)26-18-9-7-17(8-10-18)12-15-27(2,3)4;1-3-14-6-8-15(9-7-14)23-19-16(5-4-11-21-19)17-13-20-12-10-18(17)22-2/h5-11,13-14,16H,1-4H3;1,4-13H,2H3. The molecule has 0 fully saturated rings. The van der Waals surface area contributed by atoms with E-state index in [-0.39, 0.29) is 0 Å². The van der Waals surface area contributed by atoms with E-state index in [1.54, 1.807) is 57.5 Å². The third-order valence-corrected chi connectivity index (χ3v) is 7.89. The molecular formula is C41H36N4O4Si. The number of terminal acetylenes is 1. The van der Waals surface area contributed by atoms with Gasteiger partial charge in [-0.15, -0.1) is 12.0 Å². The Kier molecular flexibility index (Phi) is 11.6. The normalized spacial score (nSPS) is 10.3. The SMILES string of the molecule is C#Cc1ccc(Oc2ncccc2-c2cnccc2OC)cc1.COc1ccncc1-c1cccnc1Oc1ccc(C#C[Si](C)(C)C)cc1. The predicted octanol–water partition coefficient (Wildman–Crippen LogP) is 9.10. The highest BCUT2D eigenvalue weighted by Gasteiger charge is 2.15. The topological polar surface area (TPSA) is 88.5 Å². The van der Waals surface area contributed by atoms with Crippen LogP contribution < -0.4 is 18.9 Å². The molecule has 0 N–H and O–H groups in total. The lowest BCUT2D eigenvalue weighted by Crippen LogP contribution is -2.16. The van der Waals surface area contributed by atoms with Crippen LogP contribution in [0.1, 0.15) is 11.1 Å². The summed E-state index contributed by atoms with van der Waals surface area (Å²) >= 11 is 0. The van der Waals surface area contributed by atoms with Crippen molar-refractivity contribution in [2.75, 3.05) is 14.2 Å². The summed E-state index contributed by atoms with van der Waals surface area (Å²) in [4.78, 5) is 17.1. The summed E-state index contributed by atoms with van der Waals surface area (Å²) in [6.07, 6.45) is 15.6. The monoisotopic (exact) mass is 676 g/mol. The van der Waals surface area contributed by atoms with Crippen LogP contribution in [-0.2, 0) is 0 Å². The Labute approximate surface area is 294 Å². The molecule has 9 heteroatoms. The van der Waals surface area contributed by atoms with Gasteiger partial charge in [-0.25, -0.2) is 9.97 Å². The summed E-state index contributed by atoms with van der Waals surface area (Å²) in [6, 6.07) is 26.2. The maximum Gasteiger partial charge on any atom is 0.227 e. The van der Waals surface area contributed by atoms with Gasteiger partial charge >= 0.3 is 0 Å². The van der Waals surface area contributed by atoms with Gasteiger partial charge < -0.3 is 18.9 Å². The van der Waals surface area contributed by atoms with E-state index in [9.17, 15) is 0 Å². The van der Waals surface area contributed by atoms with Gasteiger partial charge in [0, 0.05) is 70.6 Å². The van der Waals surface area contributed by atoms with E-state index in [0.29, 0.717) is 29.0 Å². The van der Waals surface area contributed by atoms with E-state index in [2.05, 4.69) is 57.0 Å². The summed E-state index contributed by atoms with van der Waals surface area (Å²) in [7, 11) is 1.87. The molecule has 4 heterocycles. The molecule has 0 atom stereocenters. The molecule has 0 unspecified atom stereocenters. The average molecular weight is 677 g/mol. The van der Waals surface area contributed by atoms with E-state index in [1.165, 1.54) is 0 Å². The Morgan fingerprint density at radius 1 is 0.560 bits per heavy atom. The number of pyridine rings is 4. The van der Waals surface area contributed by atoms with Crippen LogP contribution in [0.4, 0.5) is 0 Å². The van der Waals surface area contributed by atoms with E-state index >= 15 is 0 Å². The van der Waals surface area contributed by atoms with E-state index < -0.39 is 8.07 Å². The first-order chi connectivity index (χ1) is 24.3. The largest absolute Gasteiger partial charge is 0.496 e. The first-order valence-electron chi connectivity index (χ1n) is 15.7. The van der Waals surface area contributed by atoms with Crippen molar-refractivity contribution in [3.05, 3.63) is 133 Å². The van der Waals surface area contributed by atoms with Gasteiger partial charge in [0.15, 0.2) is 0 Å². The van der Waals surface area contributed by atoms with Crippen molar-refractivity contribution >= 4 is 8.07 Å². The van der Waals surface area contributed by atoms with Crippen LogP contribution in [0.2, 0.25) is 19.6 Å². The molecule has 6 aromatic rings. The first kappa shape index (κ1) is 34.9. The number of ether oxygens (including phenoxy) is 4. The van der Waals surface area contributed by atoms with Crippen molar-refractivity contribution in [1.29, 1.82) is 0 Å². The third kappa shape index (κ3) is 9.35. The smallest absolute Gasteiger partial charge is 0.227 e. The number of hydrogen-bond acceptors (Lipinski definition) is 8. The van der Waals surface area contributed by atoms with Crippen LogP contribution in [0.25, 0.3) is 22.3 Å². The minimum atomic E-state index is -1.39. The molecule has 0 aliphatic carbocycles. The number of benzene rings is 2. The van der Waals surface area contributed by atoms with Crippen molar-refractivity contribution in [3.63, 3.8) is 0 Å². The fourth-order valence-electron chi connectivity index (χ4n) is 4.59. The molecule has 6 rings (SSSR count). The molecule has 0 spiro atoms. The van der Waals surface area contributed by atoms with Crippen LogP contribution >= 0.6 is 0 Å². The quantitative estimate of drug-likeness (QED) is 0.117. The first-order valence-corrected chi connectivity index (χ1v) is 19.2. The number of methoxy groups -OCH3 is 2. The maximum atomic E-state index is 6.03. The Balaban J connectivity index is 0.000000197. The molecule has 2 aromatic carbocycles. The Bertz CT molecular complexity index is 2150. The average Bonchev–Trinajstić information content (AvgIpc) is 3.15. The fraction of sp³-hybridized carbons (Fsp3) is 0.122. The number of nitrogens with zero attached hydrogens (tertiary/aromatic N) is 4. The molecule has 0 radical (unpaired) electrons. The number of rotatable bonds is 8. The van der Waals surface area contributed by atoms with Gasteiger partial charge in [0.05, 0.1) is 14.2 Å². The highest BCUT2D eigenvalue weighted by atomic mass is 28.3. The highest BCUT2D eigenvalue weighted by Crippen LogP contribution is 2.37. The van der Waals surface area contributed by atoms with Gasteiger partial charge in [-0.2, -0.15) is 0 Å². The summed E-state index contributed by atoms with van der Waals surface area (Å²) in [5, 5.41) is 0. The van der Waals surface area contributed by atoms with E-state index in [1.807, 2.05) is 78.9 Å². The van der Waals surface area contributed by atoms with Crippen molar-refractivity contribution in [1.82, 2.24) is 19.9 Å². The molecule has 248 valence electrons. The van der Waals surface area contributed by atoms with Gasteiger partial charge in [-0.3, -0.25) is 9.97 Å². The third-order valence-electron chi connectivity index (χ3n) is 7.01. The van der Waals surface area contributed by atoms with Gasteiger partial charge in [0.1, 0.15) is 31.1 Å². The van der Waals surface area contributed by atoms with Crippen LogP contribution in [0.5, 0.6) is 34.8 Å². The van der Waals surface area contributed by atoms with Crippen molar-refractivity contribution in [3.8, 4) is 80.8 Å². The minimum Gasteiger partial charge on any atom is -0.496 e. The van der Waals surface area contributed by atoms with Crippen LogP contribution in [0, 0.1) is 23.8 Å².